The van der Waals surface area contributed by atoms with Crippen LogP contribution in [0.1, 0.15) is 65.1 Å². The lowest BCUT2D eigenvalue weighted by Crippen LogP contribution is -2.49. The van der Waals surface area contributed by atoms with Gasteiger partial charge in [0.1, 0.15) is 11.9 Å². The monoisotopic (exact) mass is 539 g/mol. The van der Waals surface area contributed by atoms with E-state index in [9.17, 15) is 23.9 Å². The number of carbonyl (C=O) groups is 3. The highest BCUT2D eigenvalue weighted by Crippen LogP contribution is 2.46. The Hall–Kier alpha value is -4.06. The topological polar surface area (TPSA) is 74.7 Å². The van der Waals surface area contributed by atoms with Crippen LogP contribution in [0, 0.1) is 24.6 Å². The molecule has 4 atom stereocenters. The van der Waals surface area contributed by atoms with Gasteiger partial charge in [0.15, 0.2) is 5.78 Å². The van der Waals surface area contributed by atoms with Gasteiger partial charge in [0.2, 0.25) is 5.91 Å². The summed E-state index contributed by atoms with van der Waals surface area (Å²) in [5, 5.41) is 10.6. The van der Waals surface area contributed by atoms with Crippen LogP contribution >= 0.6 is 0 Å². The summed E-state index contributed by atoms with van der Waals surface area (Å²) >= 11 is 0. The van der Waals surface area contributed by atoms with Crippen LogP contribution in [0.4, 0.5) is 4.39 Å². The van der Waals surface area contributed by atoms with Crippen LogP contribution in [0.25, 0.3) is 6.08 Å². The molecule has 2 aliphatic rings. The number of amides is 1. The van der Waals surface area contributed by atoms with E-state index in [4.69, 9.17) is 0 Å². The van der Waals surface area contributed by atoms with E-state index in [1.54, 1.807) is 30.3 Å². The van der Waals surface area contributed by atoms with E-state index >= 15 is 0 Å². The molecule has 1 amide bonds. The third-order valence-corrected chi connectivity index (χ3v) is 8.32. The number of Topliss-reactive ketones (excluding diaryl/α,β-unsaturated/α-hetero) is 1. The smallest absolute Gasteiger partial charge is 0.327 e. The normalized spacial score (nSPS) is 23.4. The predicted octanol–water partition coefficient (Wildman–Crippen LogP) is 6.67. The van der Waals surface area contributed by atoms with E-state index in [2.05, 4.69) is 0 Å². The number of ketones is 1. The summed E-state index contributed by atoms with van der Waals surface area (Å²) in [6.45, 7) is 1.90. The summed E-state index contributed by atoms with van der Waals surface area (Å²) in [4.78, 5) is 43.0. The number of carboxylic acids is 1. The highest BCUT2D eigenvalue weighted by Gasteiger charge is 2.57. The van der Waals surface area contributed by atoms with Crippen molar-refractivity contribution in [2.75, 3.05) is 0 Å². The molecule has 2 fully saturated rings. The van der Waals surface area contributed by atoms with Crippen molar-refractivity contribution in [3.05, 3.63) is 113 Å². The van der Waals surface area contributed by atoms with Gasteiger partial charge in [-0.15, -0.1) is 0 Å². The van der Waals surface area contributed by atoms with Crippen LogP contribution in [0.5, 0.6) is 0 Å². The van der Waals surface area contributed by atoms with Crippen molar-refractivity contribution in [3.63, 3.8) is 0 Å². The first-order valence-electron chi connectivity index (χ1n) is 14.0. The van der Waals surface area contributed by atoms with Gasteiger partial charge in [0, 0.05) is 17.4 Å². The Balaban J connectivity index is 1.69. The highest BCUT2D eigenvalue weighted by atomic mass is 19.1. The van der Waals surface area contributed by atoms with Crippen molar-refractivity contribution in [1.82, 2.24) is 4.90 Å². The SMILES string of the molecule is Cc1cccc(C(=O)C2C(c3ccc(F)cc3)C(C(=O)O)N(C(=O)C3CCCCC3)C2C=Cc2ccccc2)c1. The number of aliphatic carboxylic acids is 1. The number of carboxylic acid groups (broad SMARTS) is 1. The molecule has 5 rings (SSSR count). The second-order valence-corrected chi connectivity index (χ2v) is 11.0. The van der Waals surface area contributed by atoms with Gasteiger partial charge in [-0.25, -0.2) is 9.18 Å². The maximum atomic E-state index is 14.3. The molecule has 1 aliphatic heterocycles. The second-order valence-electron chi connectivity index (χ2n) is 11.0. The van der Waals surface area contributed by atoms with Crippen molar-refractivity contribution >= 4 is 23.7 Å². The van der Waals surface area contributed by atoms with E-state index in [1.165, 1.54) is 17.0 Å². The van der Waals surface area contributed by atoms with Crippen molar-refractivity contribution in [1.29, 1.82) is 0 Å². The summed E-state index contributed by atoms with van der Waals surface area (Å²) in [6, 6.07) is 20.3. The van der Waals surface area contributed by atoms with Gasteiger partial charge in [-0.1, -0.05) is 97.6 Å². The van der Waals surface area contributed by atoms with Gasteiger partial charge in [0.25, 0.3) is 0 Å². The summed E-state index contributed by atoms with van der Waals surface area (Å²) in [5.41, 5.74) is 2.78. The van der Waals surface area contributed by atoms with Gasteiger partial charge in [0.05, 0.1) is 12.0 Å². The van der Waals surface area contributed by atoms with Crippen molar-refractivity contribution in [2.45, 2.75) is 57.0 Å². The zero-order valence-corrected chi connectivity index (χ0v) is 22.6. The number of halogens is 1. The maximum Gasteiger partial charge on any atom is 0.327 e. The molecular formula is C34H34FNO4. The van der Waals surface area contributed by atoms with Crippen molar-refractivity contribution in [3.8, 4) is 0 Å². The fourth-order valence-electron chi connectivity index (χ4n) is 6.43. The lowest BCUT2D eigenvalue weighted by molar-refractivity contribution is -0.151. The molecule has 5 nitrogen and oxygen atoms in total. The highest BCUT2D eigenvalue weighted by molar-refractivity contribution is 6.01. The molecule has 1 heterocycles. The van der Waals surface area contributed by atoms with E-state index in [-0.39, 0.29) is 17.6 Å². The minimum absolute atomic E-state index is 0.221. The van der Waals surface area contributed by atoms with Crippen LogP contribution in [0.15, 0.2) is 84.9 Å². The number of hydrogen-bond acceptors (Lipinski definition) is 3. The van der Waals surface area contributed by atoms with Crippen LogP contribution in [0.2, 0.25) is 0 Å². The first-order valence-corrected chi connectivity index (χ1v) is 14.0. The molecule has 3 aromatic rings. The largest absolute Gasteiger partial charge is 0.480 e. The molecule has 0 aromatic heterocycles. The maximum absolute atomic E-state index is 14.3. The van der Waals surface area contributed by atoms with Gasteiger partial charge in [-0.3, -0.25) is 9.59 Å². The molecule has 0 bridgehead atoms. The Labute approximate surface area is 234 Å². The van der Waals surface area contributed by atoms with Gasteiger partial charge < -0.3 is 10.0 Å². The van der Waals surface area contributed by atoms with E-state index < -0.39 is 35.7 Å². The van der Waals surface area contributed by atoms with Crippen LogP contribution < -0.4 is 0 Å². The summed E-state index contributed by atoms with van der Waals surface area (Å²) < 4.78 is 14.0. The molecule has 1 saturated carbocycles. The average molecular weight is 540 g/mol. The molecular weight excluding hydrogens is 505 g/mol. The standard InChI is InChI=1S/C34H34FNO4/c1-22-9-8-14-26(21-22)32(37)30-28(20-15-23-10-4-2-5-11-23)36(33(38)25-12-6-3-7-13-25)31(34(39)40)29(30)24-16-18-27(35)19-17-24/h2,4-5,8-11,14-21,25,28-31H,3,6-7,12-13H2,1H3,(H,39,40). The Morgan fingerprint density at radius 1 is 0.900 bits per heavy atom. The molecule has 4 unspecified atom stereocenters. The molecule has 6 heteroatoms. The minimum atomic E-state index is -1.27. The third kappa shape index (κ3) is 5.62. The zero-order chi connectivity index (χ0) is 28.2. The minimum Gasteiger partial charge on any atom is -0.480 e. The van der Waals surface area contributed by atoms with Crippen LogP contribution in [0.3, 0.4) is 0 Å². The van der Waals surface area contributed by atoms with Crippen molar-refractivity contribution in [2.24, 2.45) is 11.8 Å². The Morgan fingerprint density at radius 2 is 1.60 bits per heavy atom. The second kappa shape index (κ2) is 12.0. The molecule has 1 saturated heterocycles. The molecule has 0 radical (unpaired) electrons. The quantitative estimate of drug-likeness (QED) is 0.340. The summed E-state index contributed by atoms with van der Waals surface area (Å²) in [7, 11) is 0. The number of aryl methyl sites for hydroxylation is 1. The Kier molecular flexibility index (Phi) is 8.24. The molecule has 3 aromatic carbocycles. The lowest BCUT2D eigenvalue weighted by atomic mass is 9.77. The molecule has 1 N–H and O–H groups in total. The van der Waals surface area contributed by atoms with Gasteiger partial charge >= 0.3 is 5.97 Å². The molecule has 1 aliphatic carbocycles. The summed E-state index contributed by atoms with van der Waals surface area (Å²) in [5.74, 6) is -4.09. The third-order valence-electron chi connectivity index (χ3n) is 8.32. The van der Waals surface area contributed by atoms with Crippen LogP contribution in [-0.2, 0) is 9.59 Å². The fraction of sp³-hybridized carbons (Fsp3) is 0.324. The van der Waals surface area contributed by atoms with E-state index in [0.717, 1.165) is 30.4 Å². The van der Waals surface area contributed by atoms with E-state index in [1.807, 2.05) is 55.5 Å². The number of nitrogens with zero attached hydrogens (tertiary/aromatic N) is 1. The molecule has 0 spiro atoms. The Bertz CT molecular complexity index is 1390. The number of carbonyl (C=O) groups excluding carboxylic acids is 2. The van der Waals surface area contributed by atoms with E-state index in [0.29, 0.717) is 24.0 Å². The van der Waals surface area contributed by atoms with Gasteiger partial charge in [-0.05, 0) is 49.1 Å². The number of hydrogen-bond donors (Lipinski definition) is 1. The zero-order valence-electron chi connectivity index (χ0n) is 22.6. The van der Waals surface area contributed by atoms with Gasteiger partial charge in [-0.2, -0.15) is 0 Å². The predicted molar refractivity (Wildman–Crippen MR) is 152 cm³/mol. The lowest BCUT2D eigenvalue weighted by Gasteiger charge is -2.33. The Morgan fingerprint density at radius 3 is 2.25 bits per heavy atom. The van der Waals surface area contributed by atoms with Crippen molar-refractivity contribution < 1.29 is 23.9 Å². The number of benzene rings is 3. The molecule has 206 valence electrons. The van der Waals surface area contributed by atoms with Crippen LogP contribution in [-0.4, -0.2) is 39.7 Å². The first kappa shape index (κ1) is 27.5. The summed E-state index contributed by atoms with van der Waals surface area (Å²) in [6.07, 6.45) is 7.96. The first-order chi connectivity index (χ1) is 19.3. The number of likely N-dealkylation sites (tertiary alicyclic amines) is 1. The number of rotatable bonds is 7. The average Bonchev–Trinajstić information content (AvgIpc) is 3.32. The molecule has 40 heavy (non-hydrogen) atoms. The fourth-order valence-corrected chi connectivity index (χ4v) is 6.43.